The van der Waals surface area contributed by atoms with E-state index in [2.05, 4.69) is 47.8 Å². The van der Waals surface area contributed by atoms with Crippen LogP contribution >= 0.6 is 78.3 Å². The van der Waals surface area contributed by atoms with Gasteiger partial charge in [0, 0.05) is 125 Å². The van der Waals surface area contributed by atoms with Gasteiger partial charge in [-0.05, 0) is 164 Å². The van der Waals surface area contributed by atoms with Crippen molar-refractivity contribution in [3.8, 4) is 16.9 Å². The molecule has 4 aliphatic rings. The third-order valence-corrected chi connectivity index (χ3v) is 23.2. The van der Waals surface area contributed by atoms with Crippen LogP contribution < -0.4 is 20.7 Å². The Balaban J connectivity index is 0.000000612. The molecule has 4 heterocycles. The number of ether oxygens (including phenoxy) is 5. The van der Waals surface area contributed by atoms with E-state index in [4.69, 9.17) is 70.1 Å². The number of aliphatic hydroxyl groups excluding tert-OH is 4. The first-order chi connectivity index (χ1) is 61.8. The minimum Gasteiger partial charge on any atom is -0.496 e. The van der Waals surface area contributed by atoms with E-state index in [1.807, 2.05) is 36.4 Å². The number of esters is 4. The molecule has 8 N–H and O–H groups in total. The van der Waals surface area contributed by atoms with Crippen LogP contribution in [0.1, 0.15) is 194 Å². The molecule has 38 heteroatoms. The number of amides is 7. The smallest absolute Gasteiger partial charge is 0.349 e. The predicted octanol–water partition coefficient (Wildman–Crippen LogP) is 17.3. The molecule has 0 bridgehead atoms. The summed E-state index contributed by atoms with van der Waals surface area (Å²) in [6.45, 7) is 5.00. The first-order valence-electron chi connectivity index (χ1n) is 40.8. The number of carboxylic acid groups (broad SMARTS) is 1. The molecule has 29 nitrogen and oxygen atoms in total. The summed E-state index contributed by atoms with van der Waals surface area (Å²) in [6.07, 6.45) is -9.68. The summed E-state index contributed by atoms with van der Waals surface area (Å²) in [4.78, 5) is 154. The number of nitrogens with one attached hydrogen (secondary N) is 3. The van der Waals surface area contributed by atoms with Gasteiger partial charge in [0.25, 0.3) is 41.4 Å². The van der Waals surface area contributed by atoms with Crippen LogP contribution in [-0.4, -0.2) is 198 Å². The number of aliphatic carboxylic acids is 1. The van der Waals surface area contributed by atoms with Gasteiger partial charge in [-0.15, -0.1) is 0 Å². The Bertz CT molecular complexity index is 5440. The van der Waals surface area contributed by atoms with Gasteiger partial charge in [-0.25, -0.2) is 18.0 Å². The molecule has 0 aromatic heterocycles. The number of carboxylic acids is 1. The van der Waals surface area contributed by atoms with Crippen LogP contribution in [-0.2, 0) is 96.1 Å². The van der Waals surface area contributed by atoms with E-state index >= 15 is 0 Å². The SMILES string of the molecule is C.C.C.C.C.C.C.CC(=O)O[C@@H](C(=O)NCc1ccc(Br)cc1F)[C@@H](OC(C)=O)C(=O)N1CCCC1c1cccc(Cl)c1.CC(=O)O[C@@H](C(=O)O)[C@@H](OC(C)=O)C(=O)N1CCCC1c1cccc(Cl)c1.COc1ccccc1-c1ccc(CNC(=O)[C@H](O)[C@@H](O)C(=O)N2CCCC2c2cccc(Cl)c2)c(F)c1.O=C(NCc1ccc(Br)cc1F)[C@H](O)[C@@H](O)C(=O)N1CCCC1c1cccc(Cl)c1. The summed E-state index contributed by atoms with van der Waals surface area (Å²) in [6, 6.07) is 47.3. The molecule has 7 amide bonds. The van der Waals surface area contributed by atoms with Crippen molar-refractivity contribution < 1.29 is 120 Å². The van der Waals surface area contributed by atoms with Crippen LogP contribution in [0.25, 0.3) is 11.1 Å². The second-order valence-corrected chi connectivity index (χ2v) is 33.9. The van der Waals surface area contributed by atoms with E-state index in [-0.39, 0.29) is 112 Å². The lowest BCUT2D eigenvalue weighted by Gasteiger charge is -2.31. The van der Waals surface area contributed by atoms with Crippen LogP contribution in [0.5, 0.6) is 5.75 Å². The summed E-state index contributed by atoms with van der Waals surface area (Å²) >= 11 is 30.6. The van der Waals surface area contributed by atoms with E-state index < -0.39 is 137 Å². The maximum absolute atomic E-state index is 14.8. The molecule has 748 valence electrons. The Labute approximate surface area is 834 Å². The van der Waals surface area contributed by atoms with Crippen LogP contribution in [0.4, 0.5) is 13.2 Å². The highest BCUT2D eigenvalue weighted by Gasteiger charge is 2.48. The number of nitrogens with zero attached hydrogens (tertiary/aromatic N) is 4. The number of hydrogen-bond acceptors (Lipinski definition) is 21. The molecular weight excluding hydrogens is 2000 g/mol. The molecule has 8 aromatic rings. The maximum atomic E-state index is 14.8. The Kier molecular flexibility index (Phi) is 51.6. The zero-order valence-corrected chi connectivity index (χ0v) is 76.8. The van der Waals surface area contributed by atoms with E-state index in [0.717, 1.165) is 61.9 Å². The third kappa shape index (κ3) is 33.9. The molecule has 12 atom stereocenters. The van der Waals surface area contributed by atoms with Crippen molar-refractivity contribution in [2.75, 3.05) is 33.3 Å². The molecule has 0 saturated carbocycles. The van der Waals surface area contributed by atoms with Crippen LogP contribution in [0.2, 0.25) is 20.1 Å². The van der Waals surface area contributed by atoms with E-state index in [1.165, 1.54) is 63.1 Å². The highest BCUT2D eigenvalue weighted by atomic mass is 79.9. The van der Waals surface area contributed by atoms with Gasteiger partial charge in [0.1, 0.15) is 23.2 Å². The molecule has 137 heavy (non-hydrogen) atoms. The van der Waals surface area contributed by atoms with Crippen LogP contribution in [0, 0.1) is 17.5 Å². The first kappa shape index (κ1) is 122. The fraction of sp³-hybridized carbons (Fsp3) is 0.394. The van der Waals surface area contributed by atoms with Crippen molar-refractivity contribution in [1.29, 1.82) is 0 Å². The quantitative estimate of drug-likeness (QED) is 0.0167. The lowest BCUT2D eigenvalue weighted by Crippen LogP contribution is -2.53. The summed E-state index contributed by atoms with van der Waals surface area (Å²) in [5.41, 5.74) is 5.09. The van der Waals surface area contributed by atoms with Gasteiger partial charge in [0.05, 0.1) is 31.3 Å². The fourth-order valence-corrected chi connectivity index (χ4v) is 16.7. The first-order valence-corrected chi connectivity index (χ1v) is 43.9. The molecular formula is C99H122Br2Cl4F3N7O22. The predicted molar refractivity (Wildman–Crippen MR) is 524 cm³/mol. The minimum absolute atomic E-state index is 0. The number of carbonyl (C=O) groups is 12. The number of benzene rings is 8. The third-order valence-electron chi connectivity index (χ3n) is 21.3. The van der Waals surface area contributed by atoms with Crippen molar-refractivity contribution in [2.45, 2.75) is 224 Å². The minimum atomic E-state index is -2.01. The molecule has 4 unspecified atom stereocenters. The standard InChI is InChI=1S/C28H28ClFN2O5.C25H25BrClFN2O6.C21H21BrClFN2O4.C18H20ClNO7.7CH4/c1-37-24-10-3-2-8-21(24)17-11-12-19(22(30)15-17)16-31-27(35)25(33)26(34)28(36)32-13-5-9-23(32)18-6-4-7-20(29)14-18;1-14(31)35-22(24(33)29-13-17-8-9-18(26)12-20(17)28)23(36-15(2)32)25(34)30-10-4-7-21(30)16-5-3-6-19(27)11-16;22-14-7-6-13(16(24)10-14)11-25-20(29)18(27)19(28)21(30)26-8-2-5-17(26)12-3-1-4-15(23)9-12;1-10(21)26-15(16(18(24)25)27-11(2)22)17(23)20-8-4-7-14(20)12-5-3-6-13(19)9-12;;;;;;;/h2-4,6-8,10-12,14-15,23,25-26,33-34H,5,9,13,16H2,1H3,(H,31,35);3,5-6,8-9,11-12,21-23H,4,7,10,13H2,1-2H3,(H,29,33);1,3-4,6-7,9-10,17-19,27-28H,2,5,8,11H2,(H,25,29);3,5-6,9,14-16H,4,7-8H2,1-2H3,(H,24,25);7*1H4/t23?,25-,26-;21?,22-,23-;17?,18-,19-;14?,15-,16-;;;;;;;/m1111......./s1. The Morgan fingerprint density at radius 1 is 0.372 bits per heavy atom. The Hall–Kier alpha value is -11.1. The molecule has 4 aliphatic heterocycles. The van der Waals surface area contributed by atoms with Gasteiger partial charge in [-0.1, -0.05) is 221 Å². The number of halogens is 9. The van der Waals surface area contributed by atoms with Crippen LogP contribution in [0.15, 0.2) is 185 Å². The maximum Gasteiger partial charge on any atom is 0.349 e. The average molecular weight is 2120 g/mol. The molecule has 0 radical (unpaired) electrons. The number of carbonyl (C=O) groups excluding carboxylic acids is 11. The van der Waals surface area contributed by atoms with Crippen molar-refractivity contribution in [1.82, 2.24) is 35.6 Å². The second kappa shape index (κ2) is 58.0. The Morgan fingerprint density at radius 3 is 0.971 bits per heavy atom. The lowest BCUT2D eigenvalue weighted by molar-refractivity contribution is -0.183. The number of aliphatic hydroxyl groups is 4. The topological polar surface area (TPSA) is 401 Å². The monoisotopic (exact) mass is 2120 g/mol. The van der Waals surface area contributed by atoms with E-state index in [9.17, 15) is 96.2 Å². The van der Waals surface area contributed by atoms with E-state index in [0.29, 0.717) is 111 Å². The molecule has 0 aliphatic carbocycles. The van der Waals surface area contributed by atoms with Gasteiger partial charge in [0.15, 0.2) is 24.4 Å². The largest absolute Gasteiger partial charge is 0.496 e. The molecule has 0 spiro atoms. The van der Waals surface area contributed by atoms with Crippen LogP contribution in [0.3, 0.4) is 0 Å². The van der Waals surface area contributed by atoms with E-state index in [1.54, 1.807) is 103 Å². The van der Waals surface area contributed by atoms with Crippen molar-refractivity contribution >= 4 is 149 Å². The second-order valence-electron chi connectivity index (χ2n) is 30.3. The lowest BCUT2D eigenvalue weighted by atomic mass is 10.0. The molecule has 4 fully saturated rings. The number of rotatable bonds is 28. The van der Waals surface area contributed by atoms with Crippen molar-refractivity contribution in [2.24, 2.45) is 0 Å². The zero-order valence-electron chi connectivity index (χ0n) is 70.6. The average Bonchev–Trinajstić information content (AvgIpc) is 1.95. The zero-order chi connectivity index (χ0) is 94.9. The summed E-state index contributed by atoms with van der Waals surface area (Å²) in [5, 5.41) is 60.0. The van der Waals surface area contributed by atoms with Crippen molar-refractivity contribution in [3.63, 3.8) is 0 Å². The summed E-state index contributed by atoms with van der Waals surface area (Å²) in [5.74, 6) is -11.9. The van der Waals surface area contributed by atoms with Gasteiger partial charge < -0.3 is 84.8 Å². The fourth-order valence-electron chi connectivity index (χ4n) is 15.2. The van der Waals surface area contributed by atoms with Gasteiger partial charge in [0.2, 0.25) is 24.4 Å². The number of para-hydroxylation sites is 1. The molecule has 12 rings (SSSR count). The highest BCUT2D eigenvalue weighted by molar-refractivity contribution is 9.10. The van der Waals surface area contributed by atoms with Gasteiger partial charge in [-0.2, -0.15) is 0 Å². The number of hydrogen-bond donors (Lipinski definition) is 8. The molecule has 4 saturated heterocycles. The Morgan fingerprint density at radius 2 is 0.664 bits per heavy atom. The highest BCUT2D eigenvalue weighted by Crippen LogP contribution is 2.40. The van der Waals surface area contributed by atoms with Crippen molar-refractivity contribution in [3.05, 3.63) is 261 Å². The summed E-state index contributed by atoms with van der Waals surface area (Å²) in [7, 11) is 1.53. The summed E-state index contributed by atoms with van der Waals surface area (Å²) < 4.78 is 69.3. The number of likely N-dealkylation sites (tertiary alicyclic amines) is 4. The normalized spacial score (nSPS) is 16.5. The van der Waals surface area contributed by atoms with Gasteiger partial charge in [-0.3, -0.25) is 52.7 Å². The van der Waals surface area contributed by atoms with Gasteiger partial charge >= 0.3 is 29.8 Å². The molecule has 8 aromatic carbocycles. The number of methoxy groups -OCH3 is 1.